The van der Waals surface area contributed by atoms with E-state index in [1.54, 1.807) is 24.3 Å². The number of alkyl halides is 3. The van der Waals surface area contributed by atoms with E-state index in [0.29, 0.717) is 11.4 Å². The summed E-state index contributed by atoms with van der Waals surface area (Å²) in [5.74, 6) is -0.568. The number of benzene rings is 2. The molecule has 0 aliphatic carbocycles. The highest BCUT2D eigenvalue weighted by Gasteiger charge is 2.33. The predicted molar refractivity (Wildman–Crippen MR) is 76.5 cm³/mol. The monoisotopic (exact) mass is 331 g/mol. The Morgan fingerprint density at radius 3 is 2.29 bits per heavy atom. The van der Waals surface area contributed by atoms with E-state index in [0.717, 1.165) is 17.1 Å². The van der Waals surface area contributed by atoms with Crippen molar-refractivity contribution < 1.29 is 18.3 Å². The van der Waals surface area contributed by atoms with Crippen molar-refractivity contribution in [3.05, 3.63) is 65.8 Å². The molecule has 0 spiro atoms. The number of nitrogens with zero attached hydrogens (tertiary/aromatic N) is 5. The van der Waals surface area contributed by atoms with Gasteiger partial charge in [-0.1, -0.05) is 12.1 Å². The second-order valence-electron chi connectivity index (χ2n) is 5.08. The first-order chi connectivity index (χ1) is 11.4. The summed E-state index contributed by atoms with van der Waals surface area (Å²) >= 11 is 0. The molecular weight excluding hydrogens is 323 g/mol. The zero-order valence-electron chi connectivity index (χ0n) is 11.9. The van der Waals surface area contributed by atoms with Gasteiger partial charge in [0.05, 0.1) is 16.9 Å². The van der Waals surface area contributed by atoms with E-state index in [9.17, 15) is 18.3 Å². The summed E-state index contributed by atoms with van der Waals surface area (Å²) in [5.41, 5.74) is 4.67. The van der Waals surface area contributed by atoms with Crippen LogP contribution < -0.4 is 20.7 Å². The second-order valence-corrected chi connectivity index (χ2v) is 5.08. The fraction of sp³-hybridized carbons (Fsp3) is 0.0667. The fourth-order valence-corrected chi connectivity index (χ4v) is 2.39. The van der Waals surface area contributed by atoms with Gasteiger partial charge in [0, 0.05) is 5.88 Å². The molecule has 4 rings (SSSR count). The minimum absolute atomic E-state index is 0.00593. The zero-order chi connectivity index (χ0) is 16.9. The van der Waals surface area contributed by atoms with Gasteiger partial charge in [0.1, 0.15) is 5.69 Å². The van der Waals surface area contributed by atoms with Gasteiger partial charge in [-0.15, -0.1) is 10.2 Å². The van der Waals surface area contributed by atoms with E-state index in [-0.39, 0.29) is 11.5 Å². The van der Waals surface area contributed by atoms with Gasteiger partial charge in [0.25, 0.3) is 0 Å². The van der Waals surface area contributed by atoms with E-state index in [2.05, 4.69) is 15.8 Å². The molecule has 2 heterocycles. The summed E-state index contributed by atoms with van der Waals surface area (Å²) in [6.45, 7) is 0. The predicted octanol–water partition coefficient (Wildman–Crippen LogP) is 3.05. The average Bonchev–Trinajstić information content (AvgIpc) is 2.92. The molecule has 2 aromatic carbocycles. The number of halogens is 3. The minimum atomic E-state index is -4.44. The molecule has 0 N–H and O–H groups in total. The maximum Gasteiger partial charge on any atom is 0.416 e. The van der Waals surface area contributed by atoms with Crippen LogP contribution in [-0.2, 0) is 6.18 Å². The average molecular weight is 331 g/mol. The molecule has 1 radical (unpaired) electrons. The Bertz CT molecular complexity index is 860. The smallest absolute Gasteiger partial charge is 0.416 e. The van der Waals surface area contributed by atoms with Crippen molar-refractivity contribution in [1.29, 1.82) is 0 Å². The fourth-order valence-electron chi connectivity index (χ4n) is 2.39. The summed E-state index contributed by atoms with van der Waals surface area (Å²) in [5, 5.41) is 22.5. The SMILES string of the molecule is [O-]C1=C2N=Nc3ccccc3N2[N]N1c1ccc(C(F)(F)F)cc1. The summed E-state index contributed by atoms with van der Waals surface area (Å²) < 4.78 is 37.9. The highest BCUT2D eigenvalue weighted by atomic mass is 19.4. The lowest BCUT2D eigenvalue weighted by Crippen LogP contribution is -2.36. The lowest BCUT2D eigenvalue weighted by Gasteiger charge is -2.24. The first-order valence-corrected chi connectivity index (χ1v) is 6.86. The van der Waals surface area contributed by atoms with Crippen LogP contribution in [-0.4, -0.2) is 0 Å². The van der Waals surface area contributed by atoms with Crippen molar-refractivity contribution in [3.63, 3.8) is 0 Å². The van der Waals surface area contributed by atoms with Crippen molar-refractivity contribution in [2.75, 3.05) is 10.0 Å². The van der Waals surface area contributed by atoms with Crippen molar-refractivity contribution in [3.8, 4) is 0 Å². The van der Waals surface area contributed by atoms with Gasteiger partial charge in [-0.2, -0.15) is 13.2 Å². The molecule has 0 unspecified atom stereocenters. The number of fused-ring (bicyclic) bond motifs is 3. The highest BCUT2D eigenvalue weighted by Crippen LogP contribution is 2.40. The Hall–Kier alpha value is -3.07. The molecule has 6 nitrogen and oxygen atoms in total. The van der Waals surface area contributed by atoms with E-state index in [1.807, 2.05) is 0 Å². The normalized spacial score (nSPS) is 16.5. The third kappa shape index (κ3) is 2.17. The van der Waals surface area contributed by atoms with Crippen LogP contribution in [0.3, 0.4) is 0 Å². The molecule has 24 heavy (non-hydrogen) atoms. The number of hydrogen-bond donors (Lipinski definition) is 0. The topological polar surface area (TPSA) is 68.4 Å². The molecule has 2 aliphatic heterocycles. The van der Waals surface area contributed by atoms with Crippen LogP contribution in [0.4, 0.5) is 30.2 Å². The molecule has 9 heteroatoms. The van der Waals surface area contributed by atoms with E-state index < -0.39 is 17.6 Å². The number of hydrogen-bond acceptors (Lipinski definition) is 5. The third-order valence-corrected chi connectivity index (χ3v) is 3.56. The summed E-state index contributed by atoms with van der Waals surface area (Å²) in [4.78, 5) is 0. The van der Waals surface area contributed by atoms with Crippen LogP contribution in [0.5, 0.6) is 0 Å². The van der Waals surface area contributed by atoms with E-state index >= 15 is 0 Å². The highest BCUT2D eigenvalue weighted by molar-refractivity contribution is 5.72. The van der Waals surface area contributed by atoms with Gasteiger partial charge in [0.2, 0.25) is 0 Å². The molecule has 0 atom stereocenters. The maximum atomic E-state index is 12.6. The van der Waals surface area contributed by atoms with Crippen LogP contribution in [0, 0.1) is 0 Å². The van der Waals surface area contributed by atoms with Crippen molar-refractivity contribution in [2.24, 2.45) is 10.2 Å². The largest absolute Gasteiger partial charge is 0.856 e. The van der Waals surface area contributed by atoms with Crippen LogP contribution >= 0.6 is 0 Å². The zero-order valence-corrected chi connectivity index (χ0v) is 11.9. The first kappa shape index (κ1) is 14.5. The number of para-hydroxylation sites is 1. The second kappa shape index (κ2) is 4.96. The molecule has 0 aromatic heterocycles. The molecular formula is C15H8F3N5O-. The van der Waals surface area contributed by atoms with E-state index in [4.69, 9.17) is 0 Å². The van der Waals surface area contributed by atoms with Gasteiger partial charge in [-0.05, 0) is 41.9 Å². The molecule has 121 valence electrons. The standard InChI is InChI=1S/C15H9F3N5O/c16-15(17,18)9-5-7-10(8-6-9)22-14(24)13-20-19-11-3-1-2-4-12(11)23(13)21-22/h1-8,24H/p-1. The number of rotatable bonds is 1. The lowest BCUT2D eigenvalue weighted by atomic mass is 10.2. The van der Waals surface area contributed by atoms with Gasteiger partial charge in [-0.25, -0.2) is 10.0 Å². The van der Waals surface area contributed by atoms with Crippen LogP contribution in [0.15, 0.2) is 70.5 Å². The quantitative estimate of drug-likeness (QED) is 0.806. The molecule has 0 amide bonds. The van der Waals surface area contributed by atoms with Crippen molar-refractivity contribution >= 4 is 17.1 Å². The summed E-state index contributed by atoms with van der Waals surface area (Å²) in [6, 6.07) is 11.1. The van der Waals surface area contributed by atoms with Gasteiger partial charge >= 0.3 is 6.18 Å². The van der Waals surface area contributed by atoms with Crippen molar-refractivity contribution in [1.82, 2.24) is 5.53 Å². The molecule has 0 bridgehead atoms. The summed E-state index contributed by atoms with van der Waals surface area (Å²) in [7, 11) is 0. The molecule has 0 fully saturated rings. The summed E-state index contributed by atoms with van der Waals surface area (Å²) in [6.07, 6.45) is -4.44. The number of azo groups is 1. The van der Waals surface area contributed by atoms with E-state index in [1.165, 1.54) is 17.1 Å². The number of anilines is 2. The molecule has 0 saturated heterocycles. The molecule has 2 aliphatic rings. The first-order valence-electron chi connectivity index (χ1n) is 6.86. The van der Waals surface area contributed by atoms with Gasteiger partial charge in [-0.3, -0.25) is 0 Å². The Morgan fingerprint density at radius 1 is 0.875 bits per heavy atom. The van der Waals surface area contributed by atoms with Gasteiger partial charge in [0.15, 0.2) is 5.82 Å². The van der Waals surface area contributed by atoms with Crippen LogP contribution in [0.25, 0.3) is 0 Å². The lowest BCUT2D eigenvalue weighted by molar-refractivity contribution is -0.306. The van der Waals surface area contributed by atoms with Crippen molar-refractivity contribution in [2.45, 2.75) is 6.18 Å². The maximum absolute atomic E-state index is 12.6. The van der Waals surface area contributed by atoms with Crippen LogP contribution in [0.1, 0.15) is 5.56 Å². The third-order valence-electron chi connectivity index (χ3n) is 3.56. The minimum Gasteiger partial charge on any atom is -0.856 e. The van der Waals surface area contributed by atoms with Gasteiger partial charge < -0.3 is 5.11 Å². The Kier molecular flexibility index (Phi) is 3.00. The Balaban J connectivity index is 1.69. The van der Waals surface area contributed by atoms with Crippen LogP contribution in [0.2, 0.25) is 0 Å². The molecule has 0 saturated carbocycles. The Labute approximate surface area is 134 Å². The Morgan fingerprint density at radius 2 is 1.58 bits per heavy atom. The molecule has 2 aromatic rings.